The number of aromatic amines is 1. The summed E-state index contributed by atoms with van der Waals surface area (Å²) in [6, 6.07) is 23.2. The fourth-order valence-corrected chi connectivity index (χ4v) is 3.56. The number of para-hydroxylation sites is 1. The van der Waals surface area contributed by atoms with Crippen molar-refractivity contribution in [3.05, 3.63) is 84.4 Å². The molecule has 8 nitrogen and oxygen atoms in total. The van der Waals surface area contributed by atoms with E-state index >= 15 is 0 Å². The number of amides is 1. The highest BCUT2D eigenvalue weighted by Crippen LogP contribution is 2.23. The zero-order chi connectivity index (χ0) is 21.8. The summed E-state index contributed by atoms with van der Waals surface area (Å²) in [5.74, 6) is 0.785. The number of anilines is 2. The molecule has 0 spiro atoms. The minimum Gasteiger partial charge on any atom is -0.322 e. The minimum atomic E-state index is -3.51. The lowest BCUT2D eigenvalue weighted by Crippen LogP contribution is -2.17. The van der Waals surface area contributed by atoms with Gasteiger partial charge in [-0.1, -0.05) is 42.5 Å². The van der Waals surface area contributed by atoms with Gasteiger partial charge in [-0.3, -0.25) is 14.6 Å². The van der Waals surface area contributed by atoms with Gasteiger partial charge in [-0.2, -0.15) is 5.10 Å². The van der Waals surface area contributed by atoms with Gasteiger partial charge in [-0.15, -0.1) is 0 Å². The molecule has 1 heterocycles. The quantitative estimate of drug-likeness (QED) is 0.428. The second kappa shape index (κ2) is 8.41. The first-order chi connectivity index (χ1) is 14.9. The van der Waals surface area contributed by atoms with E-state index in [9.17, 15) is 13.2 Å². The minimum absolute atomic E-state index is 0.217. The maximum atomic E-state index is 12.7. The van der Waals surface area contributed by atoms with Crippen LogP contribution in [0.3, 0.4) is 0 Å². The first-order valence-corrected chi connectivity index (χ1v) is 11.2. The number of benzene rings is 3. The number of H-pyrrole nitrogens is 1. The van der Waals surface area contributed by atoms with Crippen LogP contribution in [0.5, 0.6) is 0 Å². The third-order valence-corrected chi connectivity index (χ3v) is 4.99. The third-order valence-electron chi connectivity index (χ3n) is 4.40. The lowest BCUT2D eigenvalue weighted by Gasteiger charge is -2.11. The van der Waals surface area contributed by atoms with Crippen LogP contribution in [0.1, 0.15) is 10.4 Å². The van der Waals surface area contributed by atoms with E-state index in [4.69, 9.17) is 0 Å². The van der Waals surface area contributed by atoms with Crippen LogP contribution in [0.2, 0.25) is 0 Å². The Balaban J connectivity index is 1.50. The Bertz CT molecular complexity index is 1320. The Morgan fingerprint density at radius 1 is 0.871 bits per heavy atom. The number of aromatic nitrogens is 3. The molecule has 0 atom stereocenters. The largest absolute Gasteiger partial charge is 0.322 e. The highest BCUT2D eigenvalue weighted by Gasteiger charge is 2.14. The molecule has 156 valence electrons. The summed E-state index contributed by atoms with van der Waals surface area (Å²) in [6.07, 6.45) is 1.03. The summed E-state index contributed by atoms with van der Waals surface area (Å²) in [7, 11) is -3.51. The van der Waals surface area contributed by atoms with Crippen molar-refractivity contribution in [2.75, 3.05) is 16.3 Å². The predicted octanol–water partition coefficient (Wildman–Crippen LogP) is 3.76. The van der Waals surface area contributed by atoms with E-state index < -0.39 is 15.9 Å². The molecule has 0 bridgehead atoms. The number of nitrogens with one attached hydrogen (secondary N) is 3. The van der Waals surface area contributed by atoms with Crippen molar-refractivity contribution >= 4 is 27.3 Å². The Labute approximate surface area is 179 Å². The molecule has 4 rings (SSSR count). The van der Waals surface area contributed by atoms with Crippen LogP contribution < -0.4 is 10.0 Å². The maximum absolute atomic E-state index is 12.7. The van der Waals surface area contributed by atoms with Gasteiger partial charge in [0.15, 0.2) is 11.6 Å². The molecular weight excluding hydrogens is 414 g/mol. The zero-order valence-corrected chi connectivity index (χ0v) is 17.3. The Hall–Kier alpha value is -3.98. The average molecular weight is 433 g/mol. The number of carbonyl (C=O) groups is 1. The molecule has 4 aromatic rings. The molecule has 0 aliphatic rings. The van der Waals surface area contributed by atoms with Crippen molar-refractivity contribution in [3.63, 3.8) is 0 Å². The molecule has 9 heteroatoms. The monoisotopic (exact) mass is 433 g/mol. The molecular formula is C22H19N5O3S. The smallest absolute Gasteiger partial charge is 0.257 e. The number of nitrogens with zero attached hydrogens (tertiary/aromatic N) is 2. The lowest BCUT2D eigenvalue weighted by molar-refractivity contribution is 0.102. The van der Waals surface area contributed by atoms with Crippen molar-refractivity contribution in [2.45, 2.75) is 0 Å². The highest BCUT2D eigenvalue weighted by atomic mass is 32.2. The topological polar surface area (TPSA) is 117 Å². The summed E-state index contributed by atoms with van der Waals surface area (Å²) in [6.45, 7) is 0. The van der Waals surface area contributed by atoms with Crippen molar-refractivity contribution in [3.8, 4) is 22.8 Å². The molecule has 0 saturated heterocycles. The summed E-state index contributed by atoms with van der Waals surface area (Å²) >= 11 is 0. The second-order valence-electron chi connectivity index (χ2n) is 6.82. The number of hydrogen-bond acceptors (Lipinski definition) is 5. The van der Waals surface area contributed by atoms with Crippen LogP contribution >= 0.6 is 0 Å². The van der Waals surface area contributed by atoms with Crippen LogP contribution in [0.25, 0.3) is 22.8 Å². The van der Waals surface area contributed by atoms with E-state index in [0.717, 1.165) is 17.4 Å². The molecule has 0 aliphatic carbocycles. The van der Waals surface area contributed by atoms with Crippen LogP contribution in [-0.4, -0.2) is 35.8 Å². The van der Waals surface area contributed by atoms with E-state index in [1.807, 2.05) is 42.5 Å². The second-order valence-corrected chi connectivity index (χ2v) is 8.57. The molecule has 0 unspecified atom stereocenters. The molecule has 3 N–H and O–H groups in total. The SMILES string of the molecule is CS(=O)(=O)Nc1ccccc1C(=O)Nc1ccc(-c2nc(-c3ccccc3)n[nH]2)cc1. The molecule has 3 aromatic carbocycles. The molecule has 0 aliphatic heterocycles. The Kier molecular flexibility index (Phi) is 5.50. The van der Waals surface area contributed by atoms with Gasteiger partial charge in [0.05, 0.1) is 17.5 Å². The molecule has 31 heavy (non-hydrogen) atoms. The fraction of sp³-hybridized carbons (Fsp3) is 0.0455. The van der Waals surface area contributed by atoms with Gasteiger partial charge < -0.3 is 5.32 Å². The lowest BCUT2D eigenvalue weighted by atomic mass is 10.1. The molecule has 1 aromatic heterocycles. The van der Waals surface area contributed by atoms with Crippen molar-refractivity contribution in [2.24, 2.45) is 0 Å². The van der Waals surface area contributed by atoms with Gasteiger partial charge in [0.25, 0.3) is 5.91 Å². The Morgan fingerprint density at radius 2 is 1.55 bits per heavy atom. The molecule has 1 amide bonds. The summed E-state index contributed by atoms with van der Waals surface area (Å²) in [5.41, 5.74) is 2.72. The fourth-order valence-electron chi connectivity index (χ4n) is 2.99. The zero-order valence-electron chi connectivity index (χ0n) is 16.5. The van der Waals surface area contributed by atoms with Crippen LogP contribution in [-0.2, 0) is 10.0 Å². The van der Waals surface area contributed by atoms with E-state index in [0.29, 0.717) is 17.3 Å². The maximum Gasteiger partial charge on any atom is 0.257 e. The summed E-state index contributed by atoms with van der Waals surface area (Å²) in [4.78, 5) is 17.2. The van der Waals surface area contributed by atoms with Crippen molar-refractivity contribution in [1.82, 2.24) is 15.2 Å². The highest BCUT2D eigenvalue weighted by molar-refractivity contribution is 7.92. The van der Waals surface area contributed by atoms with Crippen LogP contribution in [0.4, 0.5) is 11.4 Å². The number of sulfonamides is 1. The summed E-state index contributed by atoms with van der Waals surface area (Å²) in [5, 5.41) is 9.95. The summed E-state index contributed by atoms with van der Waals surface area (Å²) < 4.78 is 25.4. The molecule has 0 radical (unpaired) electrons. The van der Waals surface area contributed by atoms with E-state index in [1.165, 1.54) is 6.07 Å². The Morgan fingerprint density at radius 3 is 2.26 bits per heavy atom. The van der Waals surface area contributed by atoms with Gasteiger partial charge >= 0.3 is 0 Å². The van der Waals surface area contributed by atoms with Crippen LogP contribution in [0, 0.1) is 0 Å². The first kappa shape index (κ1) is 20.3. The molecule has 0 saturated carbocycles. The normalized spacial score (nSPS) is 11.1. The predicted molar refractivity (Wildman–Crippen MR) is 120 cm³/mol. The standard InChI is InChI=1S/C22H19N5O3S/c1-31(29,30)27-19-10-6-5-9-18(19)22(28)23-17-13-11-16(12-14-17)21-24-20(25-26-21)15-7-3-2-4-8-15/h2-14,27H,1H3,(H,23,28)(H,24,25,26). The van der Waals surface area contributed by atoms with E-state index in [-0.39, 0.29) is 11.3 Å². The van der Waals surface area contributed by atoms with Crippen LogP contribution in [0.15, 0.2) is 78.9 Å². The van der Waals surface area contributed by atoms with Gasteiger partial charge in [0.2, 0.25) is 10.0 Å². The number of hydrogen-bond donors (Lipinski definition) is 3. The molecule has 0 fully saturated rings. The number of carbonyl (C=O) groups excluding carboxylic acids is 1. The first-order valence-electron chi connectivity index (χ1n) is 9.35. The van der Waals surface area contributed by atoms with Gasteiger partial charge in [-0.05, 0) is 36.4 Å². The van der Waals surface area contributed by atoms with Gasteiger partial charge in [0, 0.05) is 16.8 Å². The van der Waals surface area contributed by atoms with E-state index in [1.54, 1.807) is 30.3 Å². The van der Waals surface area contributed by atoms with Gasteiger partial charge in [-0.25, -0.2) is 13.4 Å². The van der Waals surface area contributed by atoms with Crippen molar-refractivity contribution in [1.29, 1.82) is 0 Å². The number of rotatable bonds is 6. The van der Waals surface area contributed by atoms with E-state index in [2.05, 4.69) is 25.2 Å². The average Bonchev–Trinajstić information content (AvgIpc) is 3.24. The third kappa shape index (κ3) is 4.96. The van der Waals surface area contributed by atoms with Crippen molar-refractivity contribution < 1.29 is 13.2 Å². The van der Waals surface area contributed by atoms with Gasteiger partial charge in [0.1, 0.15) is 0 Å².